The largest absolute Gasteiger partial charge is 0.354 e. The molecule has 0 radical (unpaired) electrons. The molecule has 8 heteroatoms. The second kappa shape index (κ2) is 8.31. The van der Waals surface area contributed by atoms with Crippen LogP contribution in [0.3, 0.4) is 0 Å². The molecule has 0 aliphatic carbocycles. The van der Waals surface area contributed by atoms with Crippen molar-refractivity contribution in [2.24, 2.45) is 0 Å². The van der Waals surface area contributed by atoms with Crippen LogP contribution < -0.4 is 10.6 Å². The Kier molecular flexibility index (Phi) is 5.65. The predicted octanol–water partition coefficient (Wildman–Crippen LogP) is 1.70. The van der Waals surface area contributed by atoms with Crippen molar-refractivity contribution >= 4 is 35.3 Å². The lowest BCUT2D eigenvalue weighted by atomic mass is 10.2. The third kappa shape index (κ3) is 4.81. The second-order valence-electron chi connectivity index (χ2n) is 6.25. The number of hydrogen-bond acceptors (Lipinski definition) is 5. The van der Waals surface area contributed by atoms with Gasteiger partial charge in [-0.1, -0.05) is 0 Å². The van der Waals surface area contributed by atoms with Gasteiger partial charge in [-0.25, -0.2) is 4.98 Å². The molecule has 1 fully saturated rings. The van der Waals surface area contributed by atoms with Gasteiger partial charge in [0.05, 0.1) is 11.9 Å². The zero-order valence-corrected chi connectivity index (χ0v) is 15.0. The van der Waals surface area contributed by atoms with E-state index in [1.54, 1.807) is 40.3 Å². The molecule has 1 aliphatic rings. The number of benzene rings is 1. The summed E-state index contributed by atoms with van der Waals surface area (Å²) in [5.41, 5.74) is 2.70. The first-order valence-electron chi connectivity index (χ1n) is 8.64. The maximum absolute atomic E-state index is 12.5. The maximum atomic E-state index is 12.5. The molecule has 0 bridgehead atoms. The van der Waals surface area contributed by atoms with Gasteiger partial charge in [-0.05, 0) is 36.4 Å². The highest BCUT2D eigenvalue weighted by Crippen LogP contribution is 2.19. The molecule has 3 rings (SSSR count). The molecule has 1 saturated heterocycles. The van der Waals surface area contributed by atoms with Crippen LogP contribution in [0.1, 0.15) is 17.4 Å². The summed E-state index contributed by atoms with van der Waals surface area (Å²) in [6.07, 6.45) is 2.42. The van der Waals surface area contributed by atoms with Crippen LogP contribution in [0.4, 0.5) is 17.1 Å². The number of anilines is 3. The summed E-state index contributed by atoms with van der Waals surface area (Å²) in [7, 11) is 0. The Hall–Kier alpha value is -3.42. The van der Waals surface area contributed by atoms with E-state index in [9.17, 15) is 14.4 Å². The van der Waals surface area contributed by atoms with Gasteiger partial charge in [0, 0.05) is 44.5 Å². The normalized spacial score (nSPS) is 13.8. The molecule has 2 aromatic rings. The molecule has 3 amide bonds. The topological polar surface area (TPSA) is 94.6 Å². The van der Waals surface area contributed by atoms with Gasteiger partial charge in [-0.2, -0.15) is 0 Å². The molecular weight excluding hydrogens is 346 g/mol. The number of hydrogen-bond donors (Lipinski definition) is 2. The van der Waals surface area contributed by atoms with E-state index in [4.69, 9.17) is 0 Å². The minimum absolute atomic E-state index is 0.118. The van der Waals surface area contributed by atoms with Crippen molar-refractivity contribution in [1.29, 1.82) is 0 Å². The van der Waals surface area contributed by atoms with Gasteiger partial charge < -0.3 is 20.4 Å². The lowest BCUT2D eigenvalue weighted by Crippen LogP contribution is -2.48. The van der Waals surface area contributed by atoms with E-state index in [0.717, 1.165) is 23.5 Å². The van der Waals surface area contributed by atoms with Crippen molar-refractivity contribution in [2.45, 2.75) is 6.92 Å². The quantitative estimate of drug-likeness (QED) is 0.785. The van der Waals surface area contributed by atoms with Crippen molar-refractivity contribution in [3.8, 4) is 0 Å². The number of carbonyl (C=O) groups excluding carboxylic acids is 3. The van der Waals surface area contributed by atoms with E-state index >= 15 is 0 Å². The van der Waals surface area contributed by atoms with Crippen molar-refractivity contribution in [1.82, 2.24) is 14.8 Å². The molecule has 8 nitrogen and oxygen atoms in total. The number of piperazine rings is 1. The average molecular weight is 367 g/mol. The van der Waals surface area contributed by atoms with Crippen molar-refractivity contribution < 1.29 is 14.4 Å². The van der Waals surface area contributed by atoms with Gasteiger partial charge >= 0.3 is 0 Å². The summed E-state index contributed by atoms with van der Waals surface area (Å²) in [5.74, 6) is -0.250. The van der Waals surface area contributed by atoms with Crippen LogP contribution in [-0.4, -0.2) is 59.2 Å². The molecule has 0 atom stereocenters. The SMILES string of the molecule is CC(=O)Nc1ccc(Nc2ccc(C(=O)N3CCN(C=O)CC3)nc2)cc1. The molecule has 1 aromatic heterocycles. The standard InChI is InChI=1S/C19H21N5O3/c1-14(26)21-15-2-4-16(5-3-15)22-17-6-7-18(20-12-17)19(27)24-10-8-23(13-25)9-11-24/h2-7,12-13,22H,8-11H2,1H3,(H,21,26). The average Bonchev–Trinajstić information content (AvgIpc) is 2.69. The number of pyridine rings is 1. The Morgan fingerprint density at radius 1 is 0.963 bits per heavy atom. The van der Waals surface area contributed by atoms with Gasteiger partial charge in [0.15, 0.2) is 0 Å². The van der Waals surface area contributed by atoms with E-state index in [2.05, 4.69) is 15.6 Å². The molecular formula is C19H21N5O3. The maximum Gasteiger partial charge on any atom is 0.272 e. The zero-order chi connectivity index (χ0) is 19.2. The van der Waals surface area contributed by atoms with Crippen LogP contribution in [0.25, 0.3) is 0 Å². The fourth-order valence-electron chi connectivity index (χ4n) is 2.79. The molecule has 1 aliphatic heterocycles. The van der Waals surface area contributed by atoms with Crippen LogP contribution >= 0.6 is 0 Å². The van der Waals surface area contributed by atoms with Gasteiger partial charge in [-0.3, -0.25) is 14.4 Å². The highest BCUT2D eigenvalue weighted by atomic mass is 16.2. The predicted molar refractivity (Wildman–Crippen MR) is 102 cm³/mol. The number of rotatable bonds is 5. The first-order chi connectivity index (χ1) is 13.0. The molecule has 0 unspecified atom stereocenters. The Morgan fingerprint density at radius 2 is 1.59 bits per heavy atom. The Labute approximate surface area is 157 Å². The Bertz CT molecular complexity index is 812. The molecule has 140 valence electrons. The smallest absolute Gasteiger partial charge is 0.272 e. The third-order valence-corrected chi connectivity index (χ3v) is 4.23. The molecule has 2 heterocycles. The van der Waals surface area contributed by atoms with Crippen LogP contribution in [-0.2, 0) is 9.59 Å². The van der Waals surface area contributed by atoms with Gasteiger partial charge in [0.1, 0.15) is 5.69 Å². The minimum atomic E-state index is -0.133. The third-order valence-electron chi connectivity index (χ3n) is 4.23. The summed E-state index contributed by atoms with van der Waals surface area (Å²) in [6.45, 7) is 3.58. The number of nitrogens with one attached hydrogen (secondary N) is 2. The molecule has 2 N–H and O–H groups in total. The van der Waals surface area contributed by atoms with E-state index in [0.29, 0.717) is 31.9 Å². The summed E-state index contributed by atoms with van der Waals surface area (Å²) in [4.78, 5) is 41.9. The van der Waals surface area contributed by atoms with Crippen LogP contribution in [0.2, 0.25) is 0 Å². The Morgan fingerprint density at radius 3 is 2.15 bits per heavy atom. The first kappa shape index (κ1) is 18.4. The lowest BCUT2D eigenvalue weighted by Gasteiger charge is -2.32. The summed E-state index contributed by atoms with van der Waals surface area (Å²) in [5, 5.41) is 5.91. The zero-order valence-electron chi connectivity index (χ0n) is 15.0. The number of amides is 3. The molecule has 27 heavy (non-hydrogen) atoms. The first-order valence-corrected chi connectivity index (χ1v) is 8.64. The van der Waals surface area contributed by atoms with Gasteiger partial charge in [0.25, 0.3) is 5.91 Å². The van der Waals surface area contributed by atoms with Crippen LogP contribution in [0.5, 0.6) is 0 Å². The Balaban J connectivity index is 1.59. The van der Waals surface area contributed by atoms with Crippen molar-refractivity contribution in [3.05, 3.63) is 48.3 Å². The van der Waals surface area contributed by atoms with Crippen LogP contribution in [0, 0.1) is 0 Å². The summed E-state index contributed by atoms with van der Waals surface area (Å²) < 4.78 is 0. The second-order valence-corrected chi connectivity index (χ2v) is 6.25. The highest BCUT2D eigenvalue weighted by molar-refractivity contribution is 5.92. The monoisotopic (exact) mass is 367 g/mol. The molecule has 0 saturated carbocycles. The van der Waals surface area contributed by atoms with E-state index in [-0.39, 0.29) is 11.8 Å². The molecule has 0 spiro atoms. The van der Waals surface area contributed by atoms with Gasteiger partial charge in [0.2, 0.25) is 12.3 Å². The number of aromatic nitrogens is 1. The van der Waals surface area contributed by atoms with Crippen LogP contribution in [0.15, 0.2) is 42.6 Å². The fourth-order valence-corrected chi connectivity index (χ4v) is 2.79. The minimum Gasteiger partial charge on any atom is -0.354 e. The van der Waals surface area contributed by atoms with Crippen molar-refractivity contribution in [2.75, 3.05) is 36.8 Å². The summed E-state index contributed by atoms with van der Waals surface area (Å²) in [6, 6.07) is 10.8. The number of nitrogens with zero attached hydrogens (tertiary/aromatic N) is 3. The van der Waals surface area contributed by atoms with E-state index in [1.807, 2.05) is 12.1 Å². The van der Waals surface area contributed by atoms with Crippen molar-refractivity contribution in [3.63, 3.8) is 0 Å². The highest BCUT2D eigenvalue weighted by Gasteiger charge is 2.22. The van der Waals surface area contributed by atoms with E-state index < -0.39 is 0 Å². The van der Waals surface area contributed by atoms with Gasteiger partial charge in [-0.15, -0.1) is 0 Å². The van der Waals surface area contributed by atoms with E-state index in [1.165, 1.54) is 6.92 Å². The fraction of sp³-hybridized carbons (Fsp3) is 0.263. The number of carbonyl (C=O) groups is 3. The molecule has 1 aromatic carbocycles. The lowest BCUT2D eigenvalue weighted by molar-refractivity contribution is -0.119. The summed E-state index contributed by atoms with van der Waals surface area (Å²) >= 11 is 0.